The third-order valence-corrected chi connectivity index (χ3v) is 10.9. The van der Waals surface area contributed by atoms with E-state index in [4.69, 9.17) is 0 Å². The summed E-state index contributed by atoms with van der Waals surface area (Å²) in [6.07, 6.45) is 2.61. The molecule has 4 aliphatic rings. The average molecular weight is 638 g/mol. The molecule has 48 heavy (non-hydrogen) atoms. The van der Waals surface area contributed by atoms with Crippen LogP contribution in [0.1, 0.15) is 41.0 Å². The number of phenols is 1. The van der Waals surface area contributed by atoms with Crippen molar-refractivity contribution in [2.45, 2.75) is 37.6 Å². The minimum atomic E-state index is -1.37. The van der Waals surface area contributed by atoms with Gasteiger partial charge < -0.3 is 5.11 Å². The molecule has 8 nitrogen and oxygen atoms in total. The number of phenolic OH excluding ortho intramolecular Hbond substituents is 1. The fourth-order valence-corrected chi connectivity index (χ4v) is 8.81. The molecule has 1 saturated carbocycles. The van der Waals surface area contributed by atoms with Crippen LogP contribution in [0.4, 0.5) is 5.69 Å². The van der Waals surface area contributed by atoms with E-state index in [1.165, 1.54) is 4.90 Å². The summed E-state index contributed by atoms with van der Waals surface area (Å²) in [5.74, 6) is -4.34. The number of aryl methyl sites for hydroxylation is 1. The number of allylic oxidation sites excluding steroid dienone is 2. The van der Waals surface area contributed by atoms with E-state index in [0.29, 0.717) is 23.2 Å². The van der Waals surface area contributed by atoms with Gasteiger partial charge in [0.15, 0.2) is 0 Å². The summed E-state index contributed by atoms with van der Waals surface area (Å²) in [5, 5.41) is 11.9. The second-order valence-corrected chi connectivity index (χ2v) is 13.4. The number of nitrogens with one attached hydrogen (secondary N) is 1. The highest BCUT2D eigenvalue weighted by atomic mass is 16.3. The molecular formula is C40H35N3O5. The van der Waals surface area contributed by atoms with Gasteiger partial charge in [-0.3, -0.25) is 29.5 Å². The second-order valence-electron chi connectivity index (χ2n) is 13.4. The van der Waals surface area contributed by atoms with E-state index in [1.807, 2.05) is 104 Å². The molecular weight excluding hydrogens is 602 g/mol. The van der Waals surface area contributed by atoms with Crippen molar-refractivity contribution in [3.8, 4) is 5.75 Å². The molecule has 0 unspecified atom stereocenters. The van der Waals surface area contributed by atoms with Gasteiger partial charge in [0.25, 0.3) is 11.8 Å². The third kappa shape index (κ3) is 4.43. The summed E-state index contributed by atoms with van der Waals surface area (Å²) in [6.45, 7) is 2.15. The highest BCUT2D eigenvalue weighted by Crippen LogP contribution is 2.64. The molecule has 0 radical (unpaired) electrons. The highest BCUT2D eigenvalue weighted by molar-refractivity contribution is 6.13. The number of fused-ring (bicyclic) bond motifs is 4. The average Bonchev–Trinajstić information content (AvgIpc) is 3.47. The molecule has 2 aliphatic heterocycles. The van der Waals surface area contributed by atoms with Crippen molar-refractivity contribution in [1.29, 1.82) is 0 Å². The fourth-order valence-electron chi connectivity index (χ4n) is 8.81. The number of hydrazine groups is 1. The summed E-state index contributed by atoms with van der Waals surface area (Å²) in [5.41, 5.74) is 6.49. The van der Waals surface area contributed by atoms with E-state index in [9.17, 15) is 19.5 Å². The number of benzene rings is 4. The SMILES string of the molecule is Cc1ccc(NN2C(=O)[C@@H]3C[C@@H]4C(=CC[C@@H]5C(=O)N(Cc6ccccc6)C(=O)[C@@H]54)[C@H](c4cccc(O)c4)[C@]3(c3ccccc3)C2=O)cc1. The van der Waals surface area contributed by atoms with Gasteiger partial charge >= 0.3 is 0 Å². The molecule has 6 atom stereocenters. The van der Waals surface area contributed by atoms with Crippen molar-refractivity contribution in [3.63, 3.8) is 0 Å². The summed E-state index contributed by atoms with van der Waals surface area (Å²) < 4.78 is 0. The van der Waals surface area contributed by atoms with Gasteiger partial charge in [-0.2, -0.15) is 5.01 Å². The lowest BCUT2D eigenvalue weighted by Gasteiger charge is -2.50. The zero-order valence-electron chi connectivity index (χ0n) is 26.5. The van der Waals surface area contributed by atoms with Crippen LogP contribution in [-0.2, 0) is 31.1 Å². The summed E-state index contributed by atoms with van der Waals surface area (Å²) in [6, 6.07) is 33.2. The maximum absolute atomic E-state index is 15.1. The first kappa shape index (κ1) is 29.9. The van der Waals surface area contributed by atoms with Gasteiger partial charge in [-0.25, -0.2) is 0 Å². The van der Waals surface area contributed by atoms with Crippen molar-refractivity contribution in [2.24, 2.45) is 23.7 Å². The highest BCUT2D eigenvalue weighted by Gasteiger charge is 2.70. The number of nitrogens with zero attached hydrogens (tertiary/aromatic N) is 2. The lowest BCUT2D eigenvalue weighted by atomic mass is 9.49. The van der Waals surface area contributed by atoms with Gasteiger partial charge in [0.05, 0.1) is 35.4 Å². The predicted molar refractivity (Wildman–Crippen MR) is 179 cm³/mol. The van der Waals surface area contributed by atoms with Crippen molar-refractivity contribution in [1.82, 2.24) is 9.91 Å². The van der Waals surface area contributed by atoms with Gasteiger partial charge in [-0.05, 0) is 66.6 Å². The number of amides is 4. The Morgan fingerprint density at radius 3 is 2.21 bits per heavy atom. The first-order chi connectivity index (χ1) is 23.3. The van der Waals surface area contributed by atoms with Crippen LogP contribution in [0, 0.1) is 30.6 Å². The molecule has 2 N–H and O–H groups in total. The quantitative estimate of drug-likeness (QED) is 0.202. The Hall–Kier alpha value is -5.50. The normalized spacial score (nSPS) is 27.8. The zero-order valence-corrected chi connectivity index (χ0v) is 26.5. The first-order valence-electron chi connectivity index (χ1n) is 16.4. The Morgan fingerprint density at radius 2 is 1.50 bits per heavy atom. The van der Waals surface area contributed by atoms with Gasteiger partial charge in [0.1, 0.15) is 5.75 Å². The van der Waals surface area contributed by atoms with Crippen LogP contribution in [0.25, 0.3) is 0 Å². The number of imide groups is 2. The van der Waals surface area contributed by atoms with E-state index in [-0.39, 0.29) is 36.4 Å². The molecule has 2 heterocycles. The molecule has 3 fully saturated rings. The Bertz CT molecular complexity index is 1980. The number of hydrogen-bond acceptors (Lipinski definition) is 6. The van der Waals surface area contributed by atoms with Crippen LogP contribution < -0.4 is 5.43 Å². The molecule has 0 aromatic heterocycles. The molecule has 240 valence electrons. The van der Waals surface area contributed by atoms with Crippen molar-refractivity contribution < 1.29 is 24.3 Å². The molecule has 4 amide bonds. The molecule has 0 spiro atoms. The number of rotatable bonds is 6. The van der Waals surface area contributed by atoms with Crippen molar-refractivity contribution in [2.75, 3.05) is 5.43 Å². The fraction of sp³-hybridized carbons (Fsp3) is 0.250. The van der Waals surface area contributed by atoms with Crippen LogP contribution >= 0.6 is 0 Å². The van der Waals surface area contributed by atoms with E-state index >= 15 is 4.79 Å². The summed E-state index contributed by atoms with van der Waals surface area (Å²) in [4.78, 5) is 59.3. The predicted octanol–water partition coefficient (Wildman–Crippen LogP) is 5.89. The maximum atomic E-state index is 15.1. The van der Waals surface area contributed by atoms with Crippen LogP contribution in [0.3, 0.4) is 0 Å². The lowest BCUT2D eigenvalue weighted by Crippen LogP contribution is -2.53. The molecule has 0 bridgehead atoms. The molecule has 2 aliphatic carbocycles. The monoisotopic (exact) mass is 637 g/mol. The number of hydrogen-bond donors (Lipinski definition) is 2. The topological polar surface area (TPSA) is 107 Å². The van der Waals surface area contributed by atoms with Crippen LogP contribution in [0.2, 0.25) is 0 Å². The molecule has 4 aromatic carbocycles. The number of anilines is 1. The van der Waals surface area contributed by atoms with Gasteiger partial charge in [-0.15, -0.1) is 0 Å². The number of aromatic hydroxyl groups is 1. The largest absolute Gasteiger partial charge is 0.508 e. The summed E-state index contributed by atoms with van der Waals surface area (Å²) >= 11 is 0. The molecule has 8 heteroatoms. The van der Waals surface area contributed by atoms with Crippen LogP contribution in [0.15, 0.2) is 121 Å². The van der Waals surface area contributed by atoms with Gasteiger partial charge in [0, 0.05) is 5.92 Å². The van der Waals surface area contributed by atoms with E-state index in [1.54, 1.807) is 18.2 Å². The second kappa shape index (κ2) is 11.3. The number of likely N-dealkylation sites (tertiary alicyclic amines) is 1. The lowest BCUT2D eigenvalue weighted by molar-refractivity contribution is -0.142. The summed E-state index contributed by atoms with van der Waals surface area (Å²) in [7, 11) is 0. The van der Waals surface area contributed by atoms with E-state index in [0.717, 1.165) is 21.7 Å². The number of carbonyl (C=O) groups is 4. The maximum Gasteiger partial charge on any atom is 0.260 e. The Morgan fingerprint density at radius 1 is 0.792 bits per heavy atom. The molecule has 4 aromatic rings. The van der Waals surface area contributed by atoms with Gasteiger partial charge in [-0.1, -0.05) is 102 Å². The smallest absolute Gasteiger partial charge is 0.260 e. The minimum absolute atomic E-state index is 0.0382. The Labute approximate surface area is 278 Å². The van der Waals surface area contributed by atoms with E-state index < -0.39 is 40.9 Å². The standard InChI is InChI=1S/C40H35N3O5/c1-24-15-17-28(18-16-24)41-43-37(46)33-22-32-30(19-20-31-34(32)38(47)42(36(31)45)23-25-9-4-2-5-10-25)35(26-11-8-14-29(44)21-26)40(33,39(43)48)27-12-6-3-7-13-27/h2-19,21,31-35,41,44H,20,22-23H2,1H3/t31-,32+,33-,34-,35-,40+/m0/s1. The molecule has 8 rings (SSSR count). The first-order valence-corrected chi connectivity index (χ1v) is 16.4. The minimum Gasteiger partial charge on any atom is -0.508 e. The van der Waals surface area contributed by atoms with Crippen molar-refractivity contribution in [3.05, 3.63) is 143 Å². The van der Waals surface area contributed by atoms with Gasteiger partial charge in [0.2, 0.25) is 11.8 Å². The number of carbonyl (C=O) groups excluding carboxylic acids is 4. The van der Waals surface area contributed by atoms with Crippen molar-refractivity contribution >= 4 is 29.3 Å². The van der Waals surface area contributed by atoms with E-state index in [2.05, 4.69) is 5.43 Å². The Kier molecular flexibility index (Phi) is 7.05. The third-order valence-electron chi connectivity index (χ3n) is 10.9. The molecule has 2 saturated heterocycles. The zero-order chi connectivity index (χ0) is 33.2. The Balaban J connectivity index is 1.28. The van der Waals surface area contributed by atoms with Crippen LogP contribution in [0.5, 0.6) is 5.75 Å². The van der Waals surface area contributed by atoms with Crippen LogP contribution in [-0.4, -0.2) is 38.6 Å².